The Bertz CT molecular complexity index is 564. The van der Waals surface area contributed by atoms with Crippen molar-refractivity contribution in [3.8, 4) is 23.0 Å². The van der Waals surface area contributed by atoms with E-state index in [0.29, 0.717) is 11.5 Å². The molecule has 0 aliphatic heterocycles. The molecule has 0 fully saturated rings. The average molecular weight is 274 g/mol. The Morgan fingerprint density at radius 3 is 2.00 bits per heavy atom. The minimum absolute atomic E-state index is 0.151. The number of hydrogen-bond acceptors (Lipinski definition) is 4. The van der Waals surface area contributed by atoms with Crippen LogP contribution in [0.2, 0.25) is 0 Å². The Kier molecular flexibility index (Phi) is 5.97. The zero-order chi connectivity index (χ0) is 15.0. The van der Waals surface area contributed by atoms with Crippen LogP contribution in [0.15, 0.2) is 49.0 Å². The fourth-order valence-corrected chi connectivity index (χ4v) is 1.45. The van der Waals surface area contributed by atoms with Gasteiger partial charge in [-0.3, -0.25) is 0 Å². The Morgan fingerprint density at radius 1 is 0.900 bits per heavy atom. The van der Waals surface area contributed by atoms with Crippen LogP contribution in [0, 0.1) is 0 Å². The molecule has 0 spiro atoms. The number of aromatic hydroxyl groups is 2. The van der Waals surface area contributed by atoms with Gasteiger partial charge in [-0.2, -0.15) is 0 Å². The summed E-state index contributed by atoms with van der Waals surface area (Å²) in [5.41, 5.74) is 0.930. The van der Waals surface area contributed by atoms with Crippen molar-refractivity contribution in [2.24, 2.45) is 0 Å². The second kappa shape index (κ2) is 7.74. The standard InChI is InChI=1S/C9H10O2.C7H8O2/c1-3-7-4-5-8(10)9(6-7)11-2;1-9-7-5-3-2-4-6(7)8/h3-6,10H,1H2,2H3;2-5,8H,1H3. The zero-order valence-electron chi connectivity index (χ0n) is 11.5. The Labute approximate surface area is 118 Å². The van der Waals surface area contributed by atoms with Crippen LogP contribution < -0.4 is 9.47 Å². The van der Waals surface area contributed by atoms with E-state index in [1.54, 1.807) is 48.5 Å². The highest BCUT2D eigenvalue weighted by Gasteiger charge is 1.99. The first-order valence-corrected chi connectivity index (χ1v) is 5.93. The average Bonchev–Trinajstić information content (AvgIpc) is 2.49. The monoisotopic (exact) mass is 274 g/mol. The van der Waals surface area contributed by atoms with Crippen molar-refractivity contribution in [3.05, 3.63) is 54.6 Å². The van der Waals surface area contributed by atoms with Crippen LogP contribution in [0.4, 0.5) is 0 Å². The molecule has 0 radical (unpaired) electrons. The molecule has 0 saturated carbocycles. The minimum Gasteiger partial charge on any atom is -0.504 e. The first-order chi connectivity index (χ1) is 9.62. The van der Waals surface area contributed by atoms with E-state index >= 15 is 0 Å². The summed E-state index contributed by atoms with van der Waals surface area (Å²) in [6, 6.07) is 11.9. The fraction of sp³-hybridized carbons (Fsp3) is 0.125. The van der Waals surface area contributed by atoms with Gasteiger partial charge in [0, 0.05) is 0 Å². The largest absolute Gasteiger partial charge is 0.504 e. The lowest BCUT2D eigenvalue weighted by Gasteiger charge is -2.02. The van der Waals surface area contributed by atoms with Crippen molar-refractivity contribution in [2.45, 2.75) is 0 Å². The second-order valence-corrected chi connectivity index (χ2v) is 3.81. The lowest BCUT2D eigenvalue weighted by molar-refractivity contribution is 0.373. The number of phenols is 2. The highest BCUT2D eigenvalue weighted by Crippen LogP contribution is 2.26. The SMILES string of the molecule is C=Cc1ccc(O)c(OC)c1.COc1ccccc1O. The van der Waals surface area contributed by atoms with Gasteiger partial charge in [-0.05, 0) is 29.8 Å². The maximum Gasteiger partial charge on any atom is 0.161 e. The van der Waals surface area contributed by atoms with Crippen molar-refractivity contribution in [1.82, 2.24) is 0 Å². The lowest BCUT2D eigenvalue weighted by Crippen LogP contribution is -1.83. The molecule has 20 heavy (non-hydrogen) atoms. The topological polar surface area (TPSA) is 58.9 Å². The zero-order valence-corrected chi connectivity index (χ0v) is 11.5. The van der Waals surface area contributed by atoms with E-state index in [9.17, 15) is 5.11 Å². The summed E-state index contributed by atoms with van der Waals surface area (Å²) in [7, 11) is 3.04. The Balaban J connectivity index is 0.000000204. The Morgan fingerprint density at radius 2 is 1.50 bits per heavy atom. The lowest BCUT2D eigenvalue weighted by atomic mass is 10.2. The summed E-state index contributed by atoms with van der Waals surface area (Å²) in [6.07, 6.45) is 1.70. The molecular weight excluding hydrogens is 256 g/mol. The molecule has 0 aromatic heterocycles. The van der Waals surface area contributed by atoms with Crippen LogP contribution >= 0.6 is 0 Å². The molecule has 0 amide bonds. The smallest absolute Gasteiger partial charge is 0.161 e. The summed E-state index contributed by atoms with van der Waals surface area (Å²) in [4.78, 5) is 0. The van der Waals surface area contributed by atoms with Gasteiger partial charge < -0.3 is 19.7 Å². The number of hydrogen-bond donors (Lipinski definition) is 2. The van der Waals surface area contributed by atoms with Gasteiger partial charge in [0.05, 0.1) is 14.2 Å². The van der Waals surface area contributed by atoms with Crippen LogP contribution in [0.25, 0.3) is 6.08 Å². The van der Waals surface area contributed by atoms with Crippen molar-refractivity contribution >= 4 is 6.08 Å². The molecule has 0 saturated heterocycles. The van der Waals surface area contributed by atoms with Crippen molar-refractivity contribution < 1.29 is 19.7 Å². The molecule has 0 aliphatic carbocycles. The van der Waals surface area contributed by atoms with Crippen molar-refractivity contribution in [2.75, 3.05) is 14.2 Å². The molecule has 0 atom stereocenters. The number of para-hydroxylation sites is 2. The third kappa shape index (κ3) is 4.24. The summed E-state index contributed by atoms with van der Waals surface area (Å²) < 4.78 is 9.68. The van der Waals surface area contributed by atoms with E-state index in [4.69, 9.17) is 14.6 Å². The molecule has 0 bridgehead atoms. The summed E-state index contributed by atoms with van der Waals surface area (Å²) in [5, 5.41) is 18.2. The molecule has 2 aromatic carbocycles. The third-order valence-corrected chi connectivity index (χ3v) is 2.52. The maximum absolute atomic E-state index is 9.17. The van der Waals surface area contributed by atoms with E-state index < -0.39 is 0 Å². The van der Waals surface area contributed by atoms with Gasteiger partial charge in [-0.1, -0.05) is 30.9 Å². The number of methoxy groups -OCH3 is 2. The predicted molar refractivity (Wildman–Crippen MR) is 79.4 cm³/mol. The van der Waals surface area contributed by atoms with Crippen LogP contribution in [-0.4, -0.2) is 24.4 Å². The highest BCUT2D eigenvalue weighted by atomic mass is 16.5. The fourth-order valence-electron chi connectivity index (χ4n) is 1.45. The molecule has 4 nitrogen and oxygen atoms in total. The highest BCUT2D eigenvalue weighted by molar-refractivity contribution is 5.53. The second-order valence-electron chi connectivity index (χ2n) is 3.81. The quantitative estimate of drug-likeness (QED) is 0.900. The molecule has 0 heterocycles. The molecule has 2 rings (SSSR count). The van der Waals surface area contributed by atoms with Crippen molar-refractivity contribution in [1.29, 1.82) is 0 Å². The maximum atomic E-state index is 9.17. The normalized spacial score (nSPS) is 9.10. The van der Waals surface area contributed by atoms with Gasteiger partial charge in [0.25, 0.3) is 0 Å². The van der Waals surface area contributed by atoms with Crippen LogP contribution in [0.3, 0.4) is 0 Å². The number of benzene rings is 2. The van der Waals surface area contributed by atoms with E-state index in [-0.39, 0.29) is 11.5 Å². The van der Waals surface area contributed by atoms with E-state index in [1.807, 2.05) is 0 Å². The predicted octanol–water partition coefficient (Wildman–Crippen LogP) is 3.44. The molecular formula is C16H18O4. The van der Waals surface area contributed by atoms with E-state index in [2.05, 4.69) is 6.58 Å². The van der Waals surface area contributed by atoms with E-state index in [1.165, 1.54) is 14.2 Å². The summed E-state index contributed by atoms with van der Waals surface area (Å²) in [6.45, 7) is 3.60. The minimum atomic E-state index is 0.151. The third-order valence-electron chi connectivity index (χ3n) is 2.52. The van der Waals surface area contributed by atoms with Gasteiger partial charge in [0.1, 0.15) is 0 Å². The molecule has 0 unspecified atom stereocenters. The van der Waals surface area contributed by atoms with Crippen molar-refractivity contribution in [3.63, 3.8) is 0 Å². The van der Waals surface area contributed by atoms with Gasteiger partial charge >= 0.3 is 0 Å². The van der Waals surface area contributed by atoms with Gasteiger partial charge in [-0.25, -0.2) is 0 Å². The molecule has 2 N–H and O–H groups in total. The van der Waals surface area contributed by atoms with Gasteiger partial charge in [0.15, 0.2) is 23.0 Å². The van der Waals surface area contributed by atoms with E-state index in [0.717, 1.165) is 5.56 Å². The number of ether oxygens (including phenoxy) is 2. The van der Waals surface area contributed by atoms with Crippen LogP contribution in [0.1, 0.15) is 5.56 Å². The molecule has 2 aromatic rings. The number of rotatable bonds is 3. The number of phenolic OH excluding ortho intramolecular Hbond substituents is 2. The van der Waals surface area contributed by atoms with Gasteiger partial charge in [0.2, 0.25) is 0 Å². The Hall–Kier alpha value is -2.62. The summed E-state index contributed by atoms with van der Waals surface area (Å²) in [5.74, 6) is 1.32. The molecule has 0 aliphatic rings. The van der Waals surface area contributed by atoms with Crippen LogP contribution in [0.5, 0.6) is 23.0 Å². The molecule has 106 valence electrons. The first-order valence-electron chi connectivity index (χ1n) is 5.93. The first kappa shape index (κ1) is 15.4. The van der Waals surface area contributed by atoms with Crippen LogP contribution in [-0.2, 0) is 0 Å². The molecule has 4 heteroatoms. The summed E-state index contributed by atoms with van der Waals surface area (Å²) >= 11 is 0. The van der Waals surface area contributed by atoms with Gasteiger partial charge in [-0.15, -0.1) is 0 Å².